The molecule has 64 heavy (non-hydrogen) atoms. The number of hydrogen-bond donors (Lipinski definition) is 4. The third-order valence-electron chi connectivity index (χ3n) is 12.5. The second-order valence-corrected chi connectivity index (χ2v) is 18.7. The normalized spacial score (nSPS) is 19.8. The number of aliphatic hydroxyl groups excluding tert-OH is 4. The summed E-state index contributed by atoms with van der Waals surface area (Å²) < 4.78 is 22.9. The van der Waals surface area contributed by atoms with E-state index in [0.717, 1.165) is 38.5 Å². The molecule has 0 spiro atoms. The largest absolute Gasteiger partial charge is 0.457 e. The van der Waals surface area contributed by atoms with E-state index < -0.39 is 43.4 Å². The lowest BCUT2D eigenvalue weighted by Crippen LogP contribution is -2.59. The third-order valence-corrected chi connectivity index (χ3v) is 12.5. The lowest BCUT2D eigenvalue weighted by Gasteiger charge is -2.39. The van der Waals surface area contributed by atoms with Crippen LogP contribution in [0.25, 0.3) is 0 Å². The van der Waals surface area contributed by atoms with Gasteiger partial charge in [0.05, 0.1) is 19.8 Å². The Morgan fingerprint density at radius 2 is 0.906 bits per heavy atom. The van der Waals surface area contributed by atoms with Gasteiger partial charge in [-0.25, -0.2) is 0 Å². The van der Waals surface area contributed by atoms with Gasteiger partial charge in [-0.15, -0.1) is 0 Å². The zero-order valence-corrected chi connectivity index (χ0v) is 41.5. The van der Waals surface area contributed by atoms with Crippen molar-refractivity contribution in [2.75, 3.05) is 26.4 Å². The molecule has 6 atom stereocenters. The first-order valence-corrected chi connectivity index (χ1v) is 27.1. The van der Waals surface area contributed by atoms with Crippen molar-refractivity contribution in [3.8, 4) is 0 Å². The molecule has 1 aliphatic rings. The highest BCUT2D eigenvalue weighted by molar-refractivity contribution is 5.69. The van der Waals surface area contributed by atoms with Crippen molar-refractivity contribution in [2.24, 2.45) is 0 Å². The smallest absolute Gasteiger partial charge is 0.306 e. The molecule has 1 rings (SSSR count). The lowest BCUT2D eigenvalue weighted by molar-refractivity contribution is -0.305. The zero-order chi connectivity index (χ0) is 46.4. The van der Waals surface area contributed by atoms with Crippen LogP contribution in [0.5, 0.6) is 0 Å². The minimum absolute atomic E-state index is 0.114. The molecule has 0 amide bonds. The van der Waals surface area contributed by atoms with Crippen LogP contribution < -0.4 is 0 Å². The van der Waals surface area contributed by atoms with Crippen molar-refractivity contribution >= 4 is 5.97 Å². The van der Waals surface area contributed by atoms with Crippen LogP contribution in [0.3, 0.4) is 0 Å². The molecule has 0 aromatic heterocycles. The van der Waals surface area contributed by atoms with E-state index in [1.165, 1.54) is 186 Å². The summed E-state index contributed by atoms with van der Waals surface area (Å²) >= 11 is 0. The number of esters is 1. The van der Waals surface area contributed by atoms with Crippen LogP contribution >= 0.6 is 0 Å². The summed E-state index contributed by atoms with van der Waals surface area (Å²) in [5, 5.41) is 40.3. The fraction of sp³-hybridized carbons (Fsp3) is 0.873. The SMILES string of the molecule is CCCCCCC/C=C\C/C=C\CCCCCCCCCCCC(=O)OC(COCCCCCCCCCCCC/C=C\CCCCCCCC)COC1OC(CO)C(O)C(O)C1O. The molecular formula is C55H102O9. The maximum atomic E-state index is 12.9. The first-order chi connectivity index (χ1) is 31.4. The van der Waals surface area contributed by atoms with Crippen LogP contribution in [0.4, 0.5) is 0 Å². The van der Waals surface area contributed by atoms with Crippen molar-refractivity contribution < 1.29 is 44.2 Å². The molecule has 0 radical (unpaired) electrons. The fourth-order valence-corrected chi connectivity index (χ4v) is 8.28. The molecule has 1 aliphatic heterocycles. The molecule has 0 bridgehead atoms. The number of carbonyl (C=O) groups is 1. The highest BCUT2D eigenvalue weighted by Gasteiger charge is 2.44. The Bertz CT molecular complexity index is 1080. The fourth-order valence-electron chi connectivity index (χ4n) is 8.28. The Balaban J connectivity index is 2.19. The van der Waals surface area contributed by atoms with E-state index in [4.69, 9.17) is 18.9 Å². The Kier molecular flexibility index (Phi) is 43.9. The molecule has 0 aromatic carbocycles. The summed E-state index contributed by atoms with van der Waals surface area (Å²) in [5.41, 5.74) is 0. The Morgan fingerprint density at radius 1 is 0.500 bits per heavy atom. The molecule has 1 saturated heterocycles. The molecule has 0 aliphatic carbocycles. The van der Waals surface area contributed by atoms with E-state index in [2.05, 4.69) is 50.3 Å². The van der Waals surface area contributed by atoms with Gasteiger partial charge in [-0.1, -0.05) is 204 Å². The van der Waals surface area contributed by atoms with Crippen molar-refractivity contribution in [3.05, 3.63) is 36.5 Å². The summed E-state index contributed by atoms with van der Waals surface area (Å²) in [7, 11) is 0. The number of allylic oxidation sites excluding steroid dienone is 6. The van der Waals surface area contributed by atoms with Gasteiger partial charge in [0.1, 0.15) is 30.5 Å². The van der Waals surface area contributed by atoms with Gasteiger partial charge in [0.2, 0.25) is 0 Å². The zero-order valence-electron chi connectivity index (χ0n) is 41.5. The van der Waals surface area contributed by atoms with Crippen LogP contribution in [0.15, 0.2) is 36.5 Å². The molecule has 9 heteroatoms. The van der Waals surface area contributed by atoms with Crippen LogP contribution in [0.1, 0.15) is 245 Å². The molecule has 1 heterocycles. The predicted octanol–water partition coefficient (Wildman–Crippen LogP) is 13.5. The summed E-state index contributed by atoms with van der Waals surface area (Å²) in [5.74, 6) is -0.315. The molecule has 9 nitrogen and oxygen atoms in total. The lowest BCUT2D eigenvalue weighted by atomic mass is 9.99. The number of carbonyl (C=O) groups excluding carboxylic acids is 1. The maximum absolute atomic E-state index is 12.9. The van der Waals surface area contributed by atoms with Crippen molar-refractivity contribution in [1.82, 2.24) is 0 Å². The summed E-state index contributed by atoms with van der Waals surface area (Å²) in [6.07, 6.45) is 50.3. The van der Waals surface area contributed by atoms with E-state index in [1.54, 1.807) is 0 Å². The van der Waals surface area contributed by atoms with Crippen LogP contribution in [0.2, 0.25) is 0 Å². The van der Waals surface area contributed by atoms with E-state index in [0.29, 0.717) is 13.0 Å². The Hall–Kier alpha value is -1.59. The second kappa shape index (κ2) is 46.5. The van der Waals surface area contributed by atoms with E-state index in [-0.39, 0.29) is 19.2 Å². The van der Waals surface area contributed by atoms with Crippen LogP contribution in [0, 0.1) is 0 Å². The predicted molar refractivity (Wildman–Crippen MR) is 265 cm³/mol. The first kappa shape index (κ1) is 60.4. The molecule has 0 aromatic rings. The topological polar surface area (TPSA) is 135 Å². The monoisotopic (exact) mass is 907 g/mol. The number of rotatable bonds is 47. The summed E-state index contributed by atoms with van der Waals surface area (Å²) in [6, 6.07) is 0. The average Bonchev–Trinajstić information content (AvgIpc) is 3.30. The van der Waals surface area contributed by atoms with Crippen molar-refractivity contribution in [3.63, 3.8) is 0 Å². The second-order valence-electron chi connectivity index (χ2n) is 18.7. The first-order valence-electron chi connectivity index (χ1n) is 27.1. The molecule has 4 N–H and O–H groups in total. The molecule has 0 saturated carbocycles. The number of aliphatic hydroxyl groups is 4. The minimum Gasteiger partial charge on any atom is -0.457 e. The number of ether oxygens (including phenoxy) is 4. The molecule has 376 valence electrons. The molecular weight excluding hydrogens is 805 g/mol. The minimum atomic E-state index is -1.54. The van der Waals surface area contributed by atoms with Crippen LogP contribution in [-0.2, 0) is 23.7 Å². The van der Waals surface area contributed by atoms with Gasteiger partial charge in [-0.2, -0.15) is 0 Å². The van der Waals surface area contributed by atoms with Gasteiger partial charge in [0.15, 0.2) is 6.29 Å². The number of unbranched alkanes of at least 4 members (excludes halogenated alkanes) is 30. The third kappa shape index (κ3) is 36.5. The molecule has 6 unspecified atom stereocenters. The van der Waals surface area contributed by atoms with E-state index in [9.17, 15) is 25.2 Å². The standard InChI is InChI=1S/C55H102O9/c1-3-5-7-9-11-13-15-17-19-21-23-25-26-28-30-32-34-36-38-40-42-44-51(57)63-49(48-62-55-54(60)53(59)52(58)50(46-56)64-55)47-61-45-43-41-39-37-35-33-31-29-27-24-22-20-18-16-14-12-10-8-6-4-2/h15,17-18,20-21,23,49-50,52-56,58-60H,3-14,16,19,22,24-48H2,1-2H3/b17-15-,20-18-,23-21-. The maximum Gasteiger partial charge on any atom is 0.306 e. The van der Waals surface area contributed by atoms with Gasteiger partial charge in [-0.3, -0.25) is 4.79 Å². The van der Waals surface area contributed by atoms with Gasteiger partial charge < -0.3 is 39.4 Å². The van der Waals surface area contributed by atoms with Gasteiger partial charge in [-0.05, 0) is 70.6 Å². The molecule has 1 fully saturated rings. The number of hydrogen-bond acceptors (Lipinski definition) is 9. The van der Waals surface area contributed by atoms with Crippen molar-refractivity contribution in [2.45, 2.75) is 282 Å². The van der Waals surface area contributed by atoms with Gasteiger partial charge in [0, 0.05) is 13.0 Å². The van der Waals surface area contributed by atoms with Crippen LogP contribution in [-0.4, -0.2) is 89.6 Å². The van der Waals surface area contributed by atoms with E-state index >= 15 is 0 Å². The summed E-state index contributed by atoms with van der Waals surface area (Å²) in [6.45, 7) is 4.57. The Labute approximate surface area is 393 Å². The summed E-state index contributed by atoms with van der Waals surface area (Å²) in [4.78, 5) is 12.9. The van der Waals surface area contributed by atoms with Gasteiger partial charge >= 0.3 is 5.97 Å². The highest BCUT2D eigenvalue weighted by atomic mass is 16.7. The average molecular weight is 907 g/mol. The quantitative estimate of drug-likeness (QED) is 0.0267. The van der Waals surface area contributed by atoms with Crippen molar-refractivity contribution in [1.29, 1.82) is 0 Å². The Morgan fingerprint density at radius 3 is 1.36 bits per heavy atom. The van der Waals surface area contributed by atoms with Gasteiger partial charge in [0.25, 0.3) is 0 Å². The van der Waals surface area contributed by atoms with E-state index in [1.807, 2.05) is 0 Å². The highest BCUT2D eigenvalue weighted by Crippen LogP contribution is 2.23.